The first-order valence-corrected chi connectivity index (χ1v) is 7.09. The molecule has 1 rings (SSSR count). The van der Waals surface area contributed by atoms with Gasteiger partial charge in [-0.2, -0.15) is 11.8 Å². The highest BCUT2D eigenvalue weighted by molar-refractivity contribution is 7.98. The molecule has 0 fully saturated rings. The molecular weight excluding hydrogens is 270 g/mol. The van der Waals surface area contributed by atoms with Crippen molar-refractivity contribution in [2.24, 2.45) is 0 Å². The lowest BCUT2D eigenvalue weighted by Gasteiger charge is -2.13. The molecule has 0 radical (unpaired) electrons. The number of carbonyl (C=O) groups excluding carboxylic acids is 1. The first kappa shape index (κ1) is 15.3. The van der Waals surface area contributed by atoms with Gasteiger partial charge in [0.2, 0.25) is 0 Å². The van der Waals surface area contributed by atoms with E-state index >= 15 is 0 Å². The normalized spacial score (nSPS) is 11.9. The number of thioether (sulfide) groups is 1. The van der Waals surface area contributed by atoms with Gasteiger partial charge in [0.05, 0.1) is 12.7 Å². The number of rotatable bonds is 7. The molecule has 0 spiro atoms. The van der Waals surface area contributed by atoms with E-state index in [0.717, 1.165) is 5.75 Å². The van der Waals surface area contributed by atoms with Crippen molar-refractivity contribution in [3.05, 3.63) is 11.9 Å². The summed E-state index contributed by atoms with van der Waals surface area (Å²) in [6, 6.07) is -0.153. The Kier molecular flexibility index (Phi) is 6.13. The SMILES string of the molecule is CSCC(C)NC(=O)NCCn1cc(C(=O)O)nn1. The van der Waals surface area contributed by atoms with Crippen LogP contribution in [-0.4, -0.2) is 56.7 Å². The molecule has 19 heavy (non-hydrogen) atoms. The van der Waals surface area contributed by atoms with E-state index in [9.17, 15) is 9.59 Å². The fourth-order valence-corrected chi connectivity index (χ4v) is 1.94. The molecule has 0 saturated heterocycles. The minimum absolute atomic E-state index is 0.0972. The predicted octanol–water partition coefficient (Wildman–Crippen LogP) is 0.0270. The van der Waals surface area contributed by atoms with Gasteiger partial charge in [-0.1, -0.05) is 5.21 Å². The molecule has 1 unspecified atom stereocenters. The minimum Gasteiger partial charge on any atom is -0.476 e. The van der Waals surface area contributed by atoms with E-state index in [-0.39, 0.29) is 17.8 Å². The zero-order chi connectivity index (χ0) is 14.3. The number of nitrogens with one attached hydrogen (secondary N) is 2. The van der Waals surface area contributed by atoms with Crippen molar-refractivity contribution in [2.75, 3.05) is 18.6 Å². The van der Waals surface area contributed by atoms with E-state index < -0.39 is 5.97 Å². The third-order valence-electron chi connectivity index (χ3n) is 2.18. The lowest BCUT2D eigenvalue weighted by molar-refractivity contribution is 0.0690. The topological polar surface area (TPSA) is 109 Å². The average molecular weight is 287 g/mol. The number of aromatic nitrogens is 3. The molecule has 3 N–H and O–H groups in total. The van der Waals surface area contributed by atoms with Gasteiger partial charge in [0.25, 0.3) is 0 Å². The maximum atomic E-state index is 11.5. The number of hydrogen-bond acceptors (Lipinski definition) is 5. The molecule has 106 valence electrons. The molecule has 8 nitrogen and oxygen atoms in total. The molecule has 1 aromatic rings. The fraction of sp³-hybridized carbons (Fsp3) is 0.600. The zero-order valence-corrected chi connectivity index (χ0v) is 11.6. The molecule has 9 heteroatoms. The number of amides is 2. The summed E-state index contributed by atoms with van der Waals surface area (Å²) in [5.41, 5.74) is -0.113. The van der Waals surface area contributed by atoms with Crippen LogP contribution in [-0.2, 0) is 6.54 Å². The van der Waals surface area contributed by atoms with E-state index in [2.05, 4.69) is 20.9 Å². The van der Waals surface area contributed by atoms with Gasteiger partial charge in [0.1, 0.15) is 0 Å². The standard InChI is InChI=1S/C10H17N5O3S/c1-7(6-19-2)12-10(18)11-3-4-15-5-8(9(16)17)13-14-15/h5,7H,3-4,6H2,1-2H3,(H,16,17)(H2,11,12,18). The Bertz CT molecular complexity index is 437. The largest absolute Gasteiger partial charge is 0.476 e. The number of hydrogen-bond donors (Lipinski definition) is 3. The lowest BCUT2D eigenvalue weighted by atomic mass is 10.4. The Morgan fingerprint density at radius 1 is 1.58 bits per heavy atom. The minimum atomic E-state index is -1.12. The molecule has 2 amide bonds. The van der Waals surface area contributed by atoms with Gasteiger partial charge in [-0.05, 0) is 13.2 Å². The van der Waals surface area contributed by atoms with Gasteiger partial charge in [0.15, 0.2) is 5.69 Å². The quantitative estimate of drug-likeness (QED) is 0.652. The van der Waals surface area contributed by atoms with Crippen LogP contribution in [0, 0.1) is 0 Å². The summed E-state index contributed by atoms with van der Waals surface area (Å²) in [6.45, 7) is 2.64. The average Bonchev–Trinajstić information content (AvgIpc) is 2.78. The van der Waals surface area contributed by atoms with Gasteiger partial charge in [-0.25, -0.2) is 14.3 Å². The van der Waals surface area contributed by atoms with E-state index in [1.165, 1.54) is 10.9 Å². The third kappa shape index (κ3) is 5.60. The van der Waals surface area contributed by atoms with E-state index in [0.29, 0.717) is 13.1 Å². The van der Waals surface area contributed by atoms with Crippen LogP contribution in [0.4, 0.5) is 4.79 Å². The van der Waals surface area contributed by atoms with Gasteiger partial charge >= 0.3 is 12.0 Å². The van der Waals surface area contributed by atoms with Crippen molar-refractivity contribution >= 4 is 23.8 Å². The summed E-state index contributed by atoms with van der Waals surface area (Å²) in [7, 11) is 0. The molecule has 0 aromatic carbocycles. The molecule has 1 atom stereocenters. The second-order valence-corrected chi connectivity index (χ2v) is 4.84. The Balaban J connectivity index is 2.25. The molecule has 1 aromatic heterocycles. The first-order valence-electron chi connectivity index (χ1n) is 5.69. The molecule has 0 aliphatic heterocycles. The predicted molar refractivity (Wildman–Crippen MR) is 71.4 cm³/mol. The number of urea groups is 1. The Morgan fingerprint density at radius 3 is 2.89 bits per heavy atom. The number of nitrogens with zero attached hydrogens (tertiary/aromatic N) is 3. The molecular formula is C10H17N5O3S. The van der Waals surface area contributed by atoms with Crippen LogP contribution < -0.4 is 10.6 Å². The molecule has 0 saturated carbocycles. The van der Waals surface area contributed by atoms with Crippen LogP contribution in [0.2, 0.25) is 0 Å². The van der Waals surface area contributed by atoms with E-state index in [1.807, 2.05) is 13.2 Å². The van der Waals surface area contributed by atoms with Crippen LogP contribution in [0.15, 0.2) is 6.20 Å². The summed E-state index contributed by atoms with van der Waals surface area (Å²) >= 11 is 1.66. The maximum absolute atomic E-state index is 11.5. The smallest absolute Gasteiger partial charge is 0.358 e. The fourth-order valence-electron chi connectivity index (χ4n) is 1.36. The van der Waals surface area contributed by atoms with Crippen molar-refractivity contribution < 1.29 is 14.7 Å². The monoisotopic (exact) mass is 287 g/mol. The molecule has 0 aliphatic carbocycles. The van der Waals surface area contributed by atoms with Crippen molar-refractivity contribution in [2.45, 2.75) is 19.5 Å². The second-order valence-electron chi connectivity index (χ2n) is 3.93. The van der Waals surface area contributed by atoms with Gasteiger partial charge in [-0.15, -0.1) is 5.10 Å². The number of carboxylic acid groups (broad SMARTS) is 1. The van der Waals surface area contributed by atoms with Crippen molar-refractivity contribution in [3.63, 3.8) is 0 Å². The summed E-state index contributed by atoms with van der Waals surface area (Å²) < 4.78 is 1.37. The molecule has 0 bridgehead atoms. The van der Waals surface area contributed by atoms with Gasteiger partial charge in [-0.3, -0.25) is 0 Å². The Labute approximate surface area is 114 Å². The van der Waals surface area contributed by atoms with E-state index in [4.69, 9.17) is 5.11 Å². The zero-order valence-electron chi connectivity index (χ0n) is 10.8. The van der Waals surface area contributed by atoms with Gasteiger partial charge in [0, 0.05) is 18.3 Å². The summed E-state index contributed by atoms with van der Waals surface area (Å²) in [5.74, 6) is -0.277. The summed E-state index contributed by atoms with van der Waals surface area (Å²) in [6.07, 6.45) is 3.29. The van der Waals surface area contributed by atoms with Crippen LogP contribution in [0.1, 0.15) is 17.4 Å². The van der Waals surface area contributed by atoms with Crippen molar-refractivity contribution in [1.82, 2.24) is 25.6 Å². The number of carboxylic acids is 1. The third-order valence-corrected chi connectivity index (χ3v) is 3.01. The van der Waals surface area contributed by atoms with Crippen molar-refractivity contribution in [3.8, 4) is 0 Å². The maximum Gasteiger partial charge on any atom is 0.358 e. The molecule has 1 heterocycles. The van der Waals surface area contributed by atoms with Crippen molar-refractivity contribution in [1.29, 1.82) is 0 Å². The summed E-state index contributed by atoms with van der Waals surface area (Å²) in [5, 5.41) is 21.2. The van der Waals surface area contributed by atoms with Crippen LogP contribution in [0.3, 0.4) is 0 Å². The van der Waals surface area contributed by atoms with Crippen LogP contribution >= 0.6 is 11.8 Å². The van der Waals surface area contributed by atoms with Crippen LogP contribution in [0.5, 0.6) is 0 Å². The first-order chi connectivity index (χ1) is 9.02. The molecule has 0 aliphatic rings. The number of aromatic carboxylic acids is 1. The highest BCUT2D eigenvalue weighted by Crippen LogP contribution is 1.95. The Morgan fingerprint density at radius 2 is 2.32 bits per heavy atom. The lowest BCUT2D eigenvalue weighted by Crippen LogP contribution is -2.42. The van der Waals surface area contributed by atoms with Crippen LogP contribution in [0.25, 0.3) is 0 Å². The number of carbonyl (C=O) groups is 2. The second kappa shape index (κ2) is 7.62. The Hall–Kier alpha value is -1.77. The van der Waals surface area contributed by atoms with E-state index in [1.54, 1.807) is 11.8 Å². The highest BCUT2D eigenvalue weighted by Gasteiger charge is 2.09. The van der Waals surface area contributed by atoms with Gasteiger partial charge < -0.3 is 15.7 Å². The highest BCUT2D eigenvalue weighted by atomic mass is 32.2. The summed E-state index contributed by atoms with van der Waals surface area (Å²) in [4.78, 5) is 22.0.